The molecule has 3 rings (SSSR count). The van der Waals surface area contributed by atoms with Crippen molar-refractivity contribution in [1.29, 1.82) is 0 Å². The maximum atomic E-state index is 12.6. The van der Waals surface area contributed by atoms with Crippen molar-refractivity contribution in [3.8, 4) is 11.4 Å². The summed E-state index contributed by atoms with van der Waals surface area (Å²) in [5.74, 6) is 0.456. The largest absolute Gasteiger partial charge is 0.342 e. The first-order valence-corrected chi connectivity index (χ1v) is 9.53. The number of rotatable bonds is 4. The molecule has 0 unspecified atom stereocenters. The van der Waals surface area contributed by atoms with E-state index in [1.807, 2.05) is 48.8 Å². The summed E-state index contributed by atoms with van der Waals surface area (Å²) < 4.78 is 1.98. The van der Waals surface area contributed by atoms with Gasteiger partial charge in [-0.1, -0.05) is 27.7 Å². The van der Waals surface area contributed by atoms with Crippen molar-refractivity contribution in [1.82, 2.24) is 24.6 Å². The van der Waals surface area contributed by atoms with Crippen LogP contribution in [0.15, 0.2) is 24.7 Å². The van der Waals surface area contributed by atoms with Gasteiger partial charge in [0.05, 0.1) is 17.6 Å². The van der Waals surface area contributed by atoms with Gasteiger partial charge in [-0.15, -0.1) is 0 Å². The minimum absolute atomic E-state index is 0.215. The third-order valence-electron chi connectivity index (χ3n) is 4.84. The minimum Gasteiger partial charge on any atom is -0.342 e. The molecule has 6 nitrogen and oxygen atoms in total. The summed E-state index contributed by atoms with van der Waals surface area (Å²) in [4.78, 5) is 23.9. The number of aryl methyl sites for hydroxylation is 1. The molecule has 6 heteroatoms. The lowest BCUT2D eigenvalue weighted by Gasteiger charge is -2.36. The van der Waals surface area contributed by atoms with Crippen molar-refractivity contribution >= 4 is 5.91 Å². The molecule has 0 aromatic carbocycles. The summed E-state index contributed by atoms with van der Waals surface area (Å²) in [6.07, 6.45) is 8.53. The van der Waals surface area contributed by atoms with E-state index in [9.17, 15) is 4.79 Å². The number of carbonyl (C=O) groups is 1. The number of hydrogen-bond donors (Lipinski definition) is 0. The second kappa shape index (κ2) is 7.56. The molecular weight excluding hydrogens is 326 g/mol. The van der Waals surface area contributed by atoms with E-state index >= 15 is 0 Å². The maximum Gasteiger partial charge on any atom is 0.227 e. The van der Waals surface area contributed by atoms with Gasteiger partial charge in [0.15, 0.2) is 0 Å². The number of piperidine rings is 1. The Balaban J connectivity index is 1.81. The Labute approximate surface area is 155 Å². The molecule has 1 aliphatic rings. The number of likely N-dealkylation sites (tertiary alicyclic amines) is 1. The second-order valence-corrected chi connectivity index (χ2v) is 8.11. The normalized spacial score (nSPS) is 18.2. The van der Waals surface area contributed by atoms with Crippen LogP contribution in [0.25, 0.3) is 11.4 Å². The van der Waals surface area contributed by atoms with Crippen LogP contribution in [-0.2, 0) is 11.3 Å². The summed E-state index contributed by atoms with van der Waals surface area (Å²) in [7, 11) is 0. The molecule has 0 N–H and O–H groups in total. The summed E-state index contributed by atoms with van der Waals surface area (Å²) in [5.41, 5.74) is 2.48. The van der Waals surface area contributed by atoms with Crippen molar-refractivity contribution in [3.63, 3.8) is 0 Å². The van der Waals surface area contributed by atoms with Crippen LogP contribution >= 0.6 is 0 Å². The lowest BCUT2D eigenvalue weighted by atomic mass is 9.90. The first-order chi connectivity index (χ1) is 12.4. The molecule has 26 heavy (non-hydrogen) atoms. The number of carbonyl (C=O) groups excluding carboxylic acids is 1. The van der Waals surface area contributed by atoms with Gasteiger partial charge in [0.1, 0.15) is 5.69 Å². The highest BCUT2D eigenvalue weighted by atomic mass is 16.2. The summed E-state index contributed by atoms with van der Waals surface area (Å²) >= 11 is 0. The van der Waals surface area contributed by atoms with Crippen molar-refractivity contribution in [2.24, 2.45) is 5.41 Å². The van der Waals surface area contributed by atoms with Crippen LogP contribution in [0.3, 0.4) is 0 Å². The van der Waals surface area contributed by atoms with Crippen molar-refractivity contribution in [2.45, 2.75) is 59.4 Å². The second-order valence-electron chi connectivity index (χ2n) is 8.11. The van der Waals surface area contributed by atoms with Crippen LogP contribution in [0.5, 0.6) is 0 Å². The Hall–Kier alpha value is -2.24. The van der Waals surface area contributed by atoms with Crippen LogP contribution in [0.1, 0.15) is 58.6 Å². The third-order valence-corrected chi connectivity index (χ3v) is 4.84. The average molecular weight is 355 g/mol. The molecule has 2 aromatic heterocycles. The van der Waals surface area contributed by atoms with Crippen LogP contribution in [-0.4, -0.2) is 43.6 Å². The molecule has 1 atom stereocenters. The summed E-state index contributed by atoms with van der Waals surface area (Å²) in [6.45, 7) is 10.5. The van der Waals surface area contributed by atoms with Gasteiger partial charge in [-0.2, -0.15) is 5.10 Å². The van der Waals surface area contributed by atoms with E-state index in [0.29, 0.717) is 0 Å². The average Bonchev–Trinajstić information content (AvgIpc) is 3.09. The highest BCUT2D eigenvalue weighted by Crippen LogP contribution is 2.29. The summed E-state index contributed by atoms with van der Waals surface area (Å²) in [5, 5.41) is 4.38. The van der Waals surface area contributed by atoms with Gasteiger partial charge in [-0.25, -0.2) is 4.98 Å². The molecule has 0 aliphatic carbocycles. The monoisotopic (exact) mass is 355 g/mol. The molecular formula is C20H29N5O. The van der Waals surface area contributed by atoms with E-state index in [2.05, 4.69) is 17.0 Å². The van der Waals surface area contributed by atoms with Gasteiger partial charge < -0.3 is 4.90 Å². The van der Waals surface area contributed by atoms with E-state index in [1.54, 1.807) is 6.20 Å². The van der Waals surface area contributed by atoms with Gasteiger partial charge in [-0.05, 0) is 25.3 Å². The lowest BCUT2D eigenvalue weighted by molar-refractivity contribution is -0.140. The topological polar surface area (TPSA) is 63.9 Å². The van der Waals surface area contributed by atoms with Crippen LogP contribution < -0.4 is 0 Å². The molecule has 140 valence electrons. The predicted molar refractivity (Wildman–Crippen MR) is 102 cm³/mol. The SMILES string of the molecule is CCCn1nccc1-c1cncc([C@H]2CCCN(C(=O)C(C)(C)C)C2)n1. The Morgan fingerprint density at radius 3 is 2.85 bits per heavy atom. The Kier molecular flexibility index (Phi) is 5.39. The molecule has 1 amide bonds. The Bertz CT molecular complexity index is 762. The van der Waals surface area contributed by atoms with Crippen LogP contribution in [0.4, 0.5) is 0 Å². The highest BCUT2D eigenvalue weighted by Gasteiger charge is 2.32. The standard InChI is InChI=1S/C20H29N5O/c1-5-10-25-18(8-9-22-25)17-13-21-12-16(23-17)15-7-6-11-24(14-15)19(26)20(2,3)4/h8-9,12-13,15H,5-7,10-11,14H2,1-4H3/t15-/m0/s1. The first kappa shape index (κ1) is 18.5. The zero-order chi connectivity index (χ0) is 18.7. The van der Waals surface area contributed by atoms with Crippen LogP contribution in [0.2, 0.25) is 0 Å². The van der Waals surface area contributed by atoms with Gasteiger partial charge in [0, 0.05) is 43.4 Å². The van der Waals surface area contributed by atoms with E-state index in [4.69, 9.17) is 4.98 Å². The van der Waals surface area contributed by atoms with Gasteiger partial charge >= 0.3 is 0 Å². The zero-order valence-electron chi connectivity index (χ0n) is 16.3. The fourth-order valence-corrected chi connectivity index (χ4v) is 3.52. The first-order valence-electron chi connectivity index (χ1n) is 9.53. The number of nitrogens with zero attached hydrogens (tertiary/aromatic N) is 5. The molecule has 3 heterocycles. The minimum atomic E-state index is -0.345. The van der Waals surface area contributed by atoms with E-state index in [0.717, 1.165) is 56.0 Å². The lowest BCUT2D eigenvalue weighted by Crippen LogP contribution is -2.44. The van der Waals surface area contributed by atoms with Gasteiger partial charge in [-0.3, -0.25) is 14.5 Å². The fourth-order valence-electron chi connectivity index (χ4n) is 3.52. The van der Waals surface area contributed by atoms with Gasteiger partial charge in [0.2, 0.25) is 5.91 Å². The molecule has 0 radical (unpaired) electrons. The van der Waals surface area contributed by atoms with Crippen molar-refractivity contribution < 1.29 is 4.79 Å². The molecule has 1 aliphatic heterocycles. The van der Waals surface area contributed by atoms with E-state index in [-0.39, 0.29) is 17.2 Å². The molecule has 0 saturated carbocycles. The summed E-state index contributed by atoms with van der Waals surface area (Å²) in [6, 6.07) is 1.99. The molecule has 2 aromatic rings. The van der Waals surface area contributed by atoms with E-state index < -0.39 is 0 Å². The van der Waals surface area contributed by atoms with Crippen molar-refractivity contribution in [2.75, 3.05) is 13.1 Å². The van der Waals surface area contributed by atoms with Crippen molar-refractivity contribution in [3.05, 3.63) is 30.4 Å². The fraction of sp³-hybridized carbons (Fsp3) is 0.600. The number of hydrogen-bond acceptors (Lipinski definition) is 4. The Morgan fingerprint density at radius 1 is 1.31 bits per heavy atom. The van der Waals surface area contributed by atoms with Crippen LogP contribution in [0, 0.1) is 5.41 Å². The molecule has 1 saturated heterocycles. The highest BCUT2D eigenvalue weighted by molar-refractivity contribution is 5.81. The number of amides is 1. The third kappa shape index (κ3) is 3.94. The number of aromatic nitrogens is 4. The molecule has 0 spiro atoms. The predicted octanol–water partition coefficient (Wildman–Crippen LogP) is 3.50. The van der Waals surface area contributed by atoms with Gasteiger partial charge in [0.25, 0.3) is 0 Å². The Morgan fingerprint density at radius 2 is 2.12 bits per heavy atom. The molecule has 1 fully saturated rings. The quantitative estimate of drug-likeness (QED) is 0.842. The smallest absolute Gasteiger partial charge is 0.227 e. The zero-order valence-corrected chi connectivity index (χ0v) is 16.3. The van der Waals surface area contributed by atoms with E-state index in [1.165, 1.54) is 0 Å². The maximum absolute atomic E-state index is 12.6. The molecule has 0 bridgehead atoms.